The summed E-state index contributed by atoms with van der Waals surface area (Å²) in [6.07, 6.45) is 2.71. The lowest BCUT2D eigenvalue weighted by atomic mass is 10.1. The molecule has 4 rings (SSSR count). The van der Waals surface area contributed by atoms with E-state index in [1.165, 1.54) is 4.90 Å². The molecule has 0 unspecified atom stereocenters. The fourth-order valence-corrected chi connectivity index (χ4v) is 3.84. The van der Waals surface area contributed by atoms with Crippen molar-refractivity contribution in [1.29, 1.82) is 0 Å². The van der Waals surface area contributed by atoms with E-state index in [1.54, 1.807) is 61.1 Å². The van der Waals surface area contributed by atoms with Gasteiger partial charge in [0.1, 0.15) is 5.82 Å². The van der Waals surface area contributed by atoms with E-state index in [1.807, 2.05) is 6.07 Å². The summed E-state index contributed by atoms with van der Waals surface area (Å²) in [4.78, 5) is 44.5. The van der Waals surface area contributed by atoms with E-state index < -0.39 is 12.1 Å². The Balaban J connectivity index is 1.68. The Morgan fingerprint density at radius 1 is 1.06 bits per heavy atom. The van der Waals surface area contributed by atoms with Crippen LogP contribution < -0.4 is 5.56 Å². The maximum absolute atomic E-state index is 12.9. The van der Waals surface area contributed by atoms with Gasteiger partial charge >= 0.3 is 5.97 Å². The third-order valence-electron chi connectivity index (χ3n) is 5.54. The molecule has 0 N–H and O–H groups in total. The number of ether oxygens (including phenoxy) is 1. The fourth-order valence-electron chi connectivity index (χ4n) is 3.84. The van der Waals surface area contributed by atoms with Crippen LogP contribution in [0.25, 0.3) is 10.9 Å². The molecule has 7 nitrogen and oxygen atoms in total. The third kappa shape index (κ3) is 4.21. The maximum Gasteiger partial charge on any atom is 0.339 e. The number of carbonyl (C=O) groups is 2. The lowest BCUT2D eigenvalue weighted by Crippen LogP contribution is -2.31. The van der Waals surface area contributed by atoms with Crippen LogP contribution in [0.1, 0.15) is 47.1 Å². The molecule has 1 aliphatic heterocycles. The first-order valence-corrected chi connectivity index (χ1v) is 10.5. The SMILES string of the molecule is CN(C)C(=O)[C@@H](OC(=O)c1ccc2c(=O)n3c(nc2c1)CCCCC3)c1ccccc1. The number of likely N-dealkylation sites (N-methyl/N-ethyl adjacent to an activating group) is 1. The quantitative estimate of drug-likeness (QED) is 0.607. The molecule has 0 radical (unpaired) electrons. The molecule has 1 atom stereocenters. The van der Waals surface area contributed by atoms with Crippen molar-refractivity contribution in [3.8, 4) is 0 Å². The molecular weight excluding hydrogens is 394 g/mol. The zero-order chi connectivity index (χ0) is 22.0. The van der Waals surface area contributed by atoms with E-state index in [4.69, 9.17) is 4.74 Å². The van der Waals surface area contributed by atoms with E-state index in [9.17, 15) is 14.4 Å². The smallest absolute Gasteiger partial charge is 0.339 e. The molecule has 2 heterocycles. The number of rotatable bonds is 4. The van der Waals surface area contributed by atoms with Crippen LogP contribution in [-0.4, -0.2) is 40.4 Å². The Morgan fingerprint density at radius 3 is 2.58 bits per heavy atom. The van der Waals surface area contributed by atoms with Gasteiger partial charge in [0.25, 0.3) is 11.5 Å². The highest BCUT2D eigenvalue weighted by Gasteiger charge is 2.27. The second kappa shape index (κ2) is 8.71. The zero-order valence-corrected chi connectivity index (χ0v) is 17.7. The number of esters is 1. The number of aromatic nitrogens is 2. The number of carbonyl (C=O) groups excluding carboxylic acids is 2. The Labute approximate surface area is 180 Å². The first kappa shape index (κ1) is 20.8. The van der Waals surface area contributed by atoms with Crippen molar-refractivity contribution in [1.82, 2.24) is 14.5 Å². The van der Waals surface area contributed by atoms with Gasteiger partial charge in [0.15, 0.2) is 0 Å². The van der Waals surface area contributed by atoms with Gasteiger partial charge in [-0.1, -0.05) is 36.8 Å². The Kier molecular flexibility index (Phi) is 5.84. The molecule has 1 aromatic heterocycles. The van der Waals surface area contributed by atoms with Gasteiger partial charge in [-0.25, -0.2) is 9.78 Å². The molecular formula is C24H25N3O4. The van der Waals surface area contributed by atoms with E-state index in [0.29, 0.717) is 23.0 Å². The predicted octanol–water partition coefficient (Wildman–Crippen LogP) is 3.11. The Hall–Kier alpha value is -3.48. The van der Waals surface area contributed by atoms with Crippen LogP contribution in [0.4, 0.5) is 0 Å². The minimum Gasteiger partial charge on any atom is -0.444 e. The highest BCUT2D eigenvalue weighted by atomic mass is 16.5. The third-order valence-corrected chi connectivity index (χ3v) is 5.54. The van der Waals surface area contributed by atoms with Crippen molar-refractivity contribution in [2.24, 2.45) is 0 Å². The largest absolute Gasteiger partial charge is 0.444 e. The van der Waals surface area contributed by atoms with Gasteiger partial charge in [-0.05, 0) is 31.0 Å². The summed E-state index contributed by atoms with van der Waals surface area (Å²) >= 11 is 0. The van der Waals surface area contributed by atoms with E-state index in [0.717, 1.165) is 31.5 Å². The second-order valence-corrected chi connectivity index (χ2v) is 7.96. The molecule has 31 heavy (non-hydrogen) atoms. The van der Waals surface area contributed by atoms with Crippen molar-refractivity contribution in [2.75, 3.05) is 14.1 Å². The van der Waals surface area contributed by atoms with Crippen LogP contribution in [0, 0.1) is 0 Å². The van der Waals surface area contributed by atoms with Crippen LogP contribution in [-0.2, 0) is 22.5 Å². The molecule has 1 amide bonds. The van der Waals surface area contributed by atoms with Crippen molar-refractivity contribution >= 4 is 22.8 Å². The minimum atomic E-state index is -1.05. The van der Waals surface area contributed by atoms with Crippen LogP contribution in [0.3, 0.4) is 0 Å². The fraction of sp³-hybridized carbons (Fsp3) is 0.333. The van der Waals surface area contributed by atoms with Crippen molar-refractivity contribution in [2.45, 2.75) is 38.3 Å². The standard InChI is InChI=1S/C24H25N3O4/c1-26(2)23(29)21(16-9-5-3-6-10-16)31-24(30)17-12-13-18-19(15-17)25-20-11-7-4-8-14-27(20)22(18)28/h3,5-6,9-10,12-13,15,21H,4,7-8,11,14H2,1-2H3/t21-/m0/s1. The Bertz CT molecular complexity index is 1180. The molecule has 0 spiro atoms. The summed E-state index contributed by atoms with van der Waals surface area (Å²) in [5.74, 6) is -0.213. The summed E-state index contributed by atoms with van der Waals surface area (Å²) < 4.78 is 7.36. The second-order valence-electron chi connectivity index (χ2n) is 7.96. The van der Waals surface area contributed by atoms with Crippen LogP contribution >= 0.6 is 0 Å². The molecule has 7 heteroatoms. The molecule has 1 aliphatic rings. The van der Waals surface area contributed by atoms with Gasteiger partial charge in [-0.15, -0.1) is 0 Å². The summed E-state index contributed by atoms with van der Waals surface area (Å²) in [5, 5.41) is 0.478. The van der Waals surface area contributed by atoms with Crippen molar-refractivity contribution in [3.05, 3.63) is 75.8 Å². The first-order chi connectivity index (χ1) is 15.0. The number of hydrogen-bond acceptors (Lipinski definition) is 5. The van der Waals surface area contributed by atoms with Crippen LogP contribution in [0.15, 0.2) is 53.3 Å². The molecule has 2 aromatic carbocycles. The summed E-state index contributed by atoms with van der Waals surface area (Å²) in [7, 11) is 3.23. The molecule has 0 aliphatic carbocycles. The summed E-state index contributed by atoms with van der Waals surface area (Å²) in [6.45, 7) is 0.673. The number of benzene rings is 2. The van der Waals surface area contributed by atoms with E-state index in [-0.39, 0.29) is 17.0 Å². The van der Waals surface area contributed by atoms with Gasteiger partial charge in [-0.2, -0.15) is 0 Å². The normalized spacial score (nSPS) is 14.4. The number of hydrogen-bond donors (Lipinski definition) is 0. The molecule has 3 aromatic rings. The number of aryl methyl sites for hydroxylation is 1. The topological polar surface area (TPSA) is 81.5 Å². The molecule has 160 valence electrons. The van der Waals surface area contributed by atoms with Gasteiger partial charge in [0, 0.05) is 32.6 Å². The van der Waals surface area contributed by atoms with Gasteiger partial charge in [-0.3, -0.25) is 14.2 Å². The minimum absolute atomic E-state index is 0.0771. The number of nitrogens with zero attached hydrogens (tertiary/aromatic N) is 3. The summed E-state index contributed by atoms with van der Waals surface area (Å²) in [5.41, 5.74) is 1.25. The molecule has 0 saturated carbocycles. The van der Waals surface area contributed by atoms with Crippen LogP contribution in [0.5, 0.6) is 0 Å². The van der Waals surface area contributed by atoms with Crippen molar-refractivity contribution < 1.29 is 14.3 Å². The highest BCUT2D eigenvalue weighted by molar-refractivity contribution is 5.96. The number of amides is 1. The average Bonchev–Trinajstić information content (AvgIpc) is 3.03. The van der Waals surface area contributed by atoms with E-state index >= 15 is 0 Å². The van der Waals surface area contributed by atoms with Gasteiger partial charge in [0.05, 0.1) is 16.5 Å². The monoisotopic (exact) mass is 419 g/mol. The lowest BCUT2D eigenvalue weighted by molar-refractivity contribution is -0.138. The summed E-state index contributed by atoms with van der Waals surface area (Å²) in [6, 6.07) is 13.7. The molecule has 0 fully saturated rings. The average molecular weight is 419 g/mol. The van der Waals surface area contributed by atoms with Gasteiger partial charge in [0.2, 0.25) is 6.10 Å². The lowest BCUT2D eigenvalue weighted by Gasteiger charge is -2.21. The zero-order valence-electron chi connectivity index (χ0n) is 17.7. The van der Waals surface area contributed by atoms with Gasteiger partial charge < -0.3 is 9.64 Å². The maximum atomic E-state index is 12.9. The molecule has 0 saturated heterocycles. The molecule has 0 bridgehead atoms. The van der Waals surface area contributed by atoms with Crippen molar-refractivity contribution in [3.63, 3.8) is 0 Å². The number of fused-ring (bicyclic) bond motifs is 2. The van der Waals surface area contributed by atoms with E-state index in [2.05, 4.69) is 4.98 Å². The predicted molar refractivity (Wildman–Crippen MR) is 117 cm³/mol. The van der Waals surface area contributed by atoms with Crippen LogP contribution in [0.2, 0.25) is 0 Å². The Morgan fingerprint density at radius 2 is 1.84 bits per heavy atom. The highest BCUT2D eigenvalue weighted by Crippen LogP contribution is 2.23. The first-order valence-electron chi connectivity index (χ1n) is 10.5.